The van der Waals surface area contributed by atoms with Crippen molar-refractivity contribution < 1.29 is 28.6 Å². The van der Waals surface area contributed by atoms with Crippen LogP contribution in [0.1, 0.15) is 62.6 Å². The van der Waals surface area contributed by atoms with Crippen LogP contribution in [0.2, 0.25) is 0 Å². The Hall–Kier alpha value is -3.25. The number of hydrogen-bond donors (Lipinski definition) is 0. The van der Waals surface area contributed by atoms with E-state index in [2.05, 4.69) is 6.58 Å². The van der Waals surface area contributed by atoms with Gasteiger partial charge >= 0.3 is 11.9 Å². The highest BCUT2D eigenvalue weighted by Crippen LogP contribution is 2.17. The van der Waals surface area contributed by atoms with Crippen LogP contribution in [0.4, 0.5) is 0 Å². The Bertz CT molecular complexity index is 967. The topological polar surface area (TPSA) is 78.9 Å². The number of Topliss-reactive ketones (excluding diaryl/α,β-unsaturated/α-hetero) is 1. The quantitative estimate of drug-likeness (QED) is 0.286. The van der Waals surface area contributed by atoms with Crippen LogP contribution in [-0.4, -0.2) is 43.1 Å². The van der Waals surface area contributed by atoms with Crippen LogP contribution >= 0.6 is 0 Å². The molecule has 6 nitrogen and oxygen atoms in total. The first-order chi connectivity index (χ1) is 17.3. The van der Waals surface area contributed by atoms with E-state index in [4.69, 9.17) is 14.2 Å². The number of carbonyl (C=O) groups excluding carboxylic acids is 3. The van der Waals surface area contributed by atoms with Crippen LogP contribution in [-0.2, 0) is 41.4 Å². The van der Waals surface area contributed by atoms with Crippen molar-refractivity contribution in [1.82, 2.24) is 0 Å². The van der Waals surface area contributed by atoms with Gasteiger partial charge in [0.25, 0.3) is 0 Å². The molecule has 0 fully saturated rings. The van der Waals surface area contributed by atoms with Crippen LogP contribution in [0.15, 0.2) is 61.2 Å². The molecule has 2 aromatic rings. The molecule has 3 unspecified atom stereocenters. The van der Waals surface area contributed by atoms with E-state index >= 15 is 0 Å². The molecule has 0 heterocycles. The zero-order valence-corrected chi connectivity index (χ0v) is 21.6. The molecule has 0 spiro atoms. The fourth-order valence-corrected chi connectivity index (χ4v) is 3.82. The monoisotopic (exact) mass is 494 g/mol. The summed E-state index contributed by atoms with van der Waals surface area (Å²) in [6.45, 7) is 7.03. The molecular weight excluding hydrogens is 456 g/mol. The Balaban J connectivity index is 1.99. The number of methoxy groups -OCH3 is 1. The smallest absolute Gasteiger partial charge is 0.309 e. The van der Waals surface area contributed by atoms with Gasteiger partial charge in [0.15, 0.2) is 0 Å². The Morgan fingerprint density at radius 3 is 1.86 bits per heavy atom. The third-order valence-corrected chi connectivity index (χ3v) is 5.93. The van der Waals surface area contributed by atoms with Gasteiger partial charge in [-0.1, -0.05) is 67.3 Å². The molecule has 0 aliphatic carbocycles. The molecule has 0 saturated carbocycles. The van der Waals surface area contributed by atoms with Crippen LogP contribution in [0.5, 0.6) is 0 Å². The molecule has 2 aromatic carbocycles. The maximum absolute atomic E-state index is 12.9. The second kappa shape index (κ2) is 15.7. The number of hydrogen-bond acceptors (Lipinski definition) is 6. The molecule has 0 bridgehead atoms. The minimum Gasteiger partial charge on any atom is -0.462 e. The molecular formula is C30H38O6. The first-order valence-corrected chi connectivity index (χ1v) is 12.5. The fourth-order valence-electron chi connectivity index (χ4n) is 3.82. The first kappa shape index (κ1) is 29.0. The molecule has 194 valence electrons. The molecule has 0 amide bonds. The van der Waals surface area contributed by atoms with E-state index in [9.17, 15) is 14.4 Å². The highest BCUT2D eigenvalue weighted by atomic mass is 16.6. The SMILES string of the molecule is C=Cc1ccc(CCC(CC(C)=O)OC(=O)CC(CCc2ccccc2)OC(=O)CC(C)OC)cc1. The van der Waals surface area contributed by atoms with Crippen molar-refractivity contribution in [2.75, 3.05) is 7.11 Å². The van der Waals surface area contributed by atoms with Crippen molar-refractivity contribution in [3.05, 3.63) is 77.9 Å². The Morgan fingerprint density at radius 2 is 1.33 bits per heavy atom. The number of rotatable bonds is 16. The molecule has 0 aliphatic rings. The highest BCUT2D eigenvalue weighted by Gasteiger charge is 2.24. The molecule has 0 radical (unpaired) electrons. The molecule has 0 aromatic heterocycles. The van der Waals surface area contributed by atoms with Gasteiger partial charge in [-0.25, -0.2) is 0 Å². The van der Waals surface area contributed by atoms with Gasteiger partial charge in [-0.15, -0.1) is 0 Å². The zero-order chi connectivity index (χ0) is 26.3. The van der Waals surface area contributed by atoms with Crippen LogP contribution in [0.25, 0.3) is 6.08 Å². The van der Waals surface area contributed by atoms with Crippen molar-refractivity contribution in [1.29, 1.82) is 0 Å². The van der Waals surface area contributed by atoms with Gasteiger partial charge in [0.2, 0.25) is 0 Å². The fraction of sp³-hybridized carbons (Fsp3) is 0.433. The van der Waals surface area contributed by atoms with Gasteiger partial charge in [-0.05, 0) is 56.2 Å². The summed E-state index contributed by atoms with van der Waals surface area (Å²) in [6, 6.07) is 17.8. The number of esters is 2. The first-order valence-electron chi connectivity index (χ1n) is 12.5. The maximum Gasteiger partial charge on any atom is 0.309 e. The third kappa shape index (κ3) is 11.5. The second-order valence-electron chi connectivity index (χ2n) is 9.09. The maximum atomic E-state index is 12.9. The van der Waals surface area contributed by atoms with E-state index in [1.165, 1.54) is 14.0 Å². The standard InChI is InChI=1S/C30H38O6/c1-5-24-11-13-26(14-12-24)16-17-27(19-22(2)31)35-30(33)21-28(36-29(32)20-23(3)34-4)18-15-25-9-7-6-8-10-25/h5-14,23,27-28H,1,15-21H2,2-4H3. The number of carbonyl (C=O) groups is 3. The van der Waals surface area contributed by atoms with Gasteiger partial charge in [-0.3, -0.25) is 14.4 Å². The van der Waals surface area contributed by atoms with Gasteiger partial charge < -0.3 is 14.2 Å². The summed E-state index contributed by atoms with van der Waals surface area (Å²) in [5.41, 5.74) is 3.21. The molecule has 6 heteroatoms. The van der Waals surface area contributed by atoms with Gasteiger partial charge in [0.05, 0.1) is 18.9 Å². The Kier molecular flexibility index (Phi) is 12.6. The van der Waals surface area contributed by atoms with E-state index in [1.807, 2.05) is 54.6 Å². The van der Waals surface area contributed by atoms with Gasteiger partial charge in [0, 0.05) is 13.5 Å². The van der Waals surface area contributed by atoms with Gasteiger partial charge in [0.1, 0.15) is 18.0 Å². The van der Waals surface area contributed by atoms with E-state index in [0.29, 0.717) is 25.7 Å². The molecule has 2 rings (SSSR count). The van der Waals surface area contributed by atoms with Crippen LogP contribution in [0.3, 0.4) is 0 Å². The van der Waals surface area contributed by atoms with Crippen LogP contribution < -0.4 is 0 Å². The summed E-state index contributed by atoms with van der Waals surface area (Å²) < 4.78 is 16.5. The minimum absolute atomic E-state index is 0.0459. The summed E-state index contributed by atoms with van der Waals surface area (Å²) in [5, 5.41) is 0. The lowest BCUT2D eigenvalue weighted by Crippen LogP contribution is -2.28. The van der Waals surface area contributed by atoms with E-state index < -0.39 is 24.1 Å². The largest absolute Gasteiger partial charge is 0.462 e. The predicted octanol–water partition coefficient (Wildman–Crippen LogP) is 5.51. The number of benzene rings is 2. The van der Waals surface area contributed by atoms with Gasteiger partial charge in [-0.2, -0.15) is 0 Å². The van der Waals surface area contributed by atoms with E-state index in [-0.39, 0.29) is 31.1 Å². The lowest BCUT2D eigenvalue weighted by atomic mass is 10.0. The van der Waals surface area contributed by atoms with E-state index in [0.717, 1.165) is 16.7 Å². The summed E-state index contributed by atoms with van der Waals surface area (Å²) >= 11 is 0. The van der Waals surface area contributed by atoms with Crippen molar-refractivity contribution in [3.8, 4) is 0 Å². The minimum atomic E-state index is -0.626. The third-order valence-electron chi connectivity index (χ3n) is 5.93. The Morgan fingerprint density at radius 1 is 0.806 bits per heavy atom. The molecule has 0 aliphatic heterocycles. The summed E-state index contributed by atoms with van der Waals surface area (Å²) in [5.74, 6) is -0.942. The van der Waals surface area contributed by atoms with Crippen LogP contribution in [0, 0.1) is 0 Å². The predicted molar refractivity (Wildman–Crippen MR) is 140 cm³/mol. The summed E-state index contributed by atoms with van der Waals surface area (Å²) in [4.78, 5) is 37.0. The number of aryl methyl sites for hydroxylation is 2. The number of ketones is 1. The zero-order valence-electron chi connectivity index (χ0n) is 21.6. The van der Waals surface area contributed by atoms with Crippen molar-refractivity contribution in [2.24, 2.45) is 0 Å². The van der Waals surface area contributed by atoms with Crippen molar-refractivity contribution in [3.63, 3.8) is 0 Å². The average molecular weight is 495 g/mol. The Labute approximate surface area is 214 Å². The summed E-state index contributed by atoms with van der Waals surface area (Å²) in [6.07, 6.45) is 2.86. The second-order valence-corrected chi connectivity index (χ2v) is 9.09. The molecule has 0 saturated heterocycles. The highest BCUT2D eigenvalue weighted by molar-refractivity contribution is 5.77. The lowest BCUT2D eigenvalue weighted by molar-refractivity contribution is -0.159. The average Bonchev–Trinajstić information content (AvgIpc) is 2.86. The molecule has 3 atom stereocenters. The number of ether oxygens (including phenoxy) is 3. The van der Waals surface area contributed by atoms with Crippen molar-refractivity contribution in [2.45, 2.75) is 77.1 Å². The van der Waals surface area contributed by atoms with Crippen molar-refractivity contribution >= 4 is 23.8 Å². The normalized spacial score (nSPS) is 13.3. The molecule has 0 N–H and O–H groups in total. The summed E-state index contributed by atoms with van der Waals surface area (Å²) in [7, 11) is 1.53. The lowest BCUT2D eigenvalue weighted by Gasteiger charge is -2.21. The van der Waals surface area contributed by atoms with E-state index in [1.54, 1.807) is 13.0 Å². The molecule has 36 heavy (non-hydrogen) atoms.